The van der Waals surface area contributed by atoms with Crippen molar-refractivity contribution < 1.29 is 24.2 Å². The van der Waals surface area contributed by atoms with Gasteiger partial charge in [-0.15, -0.1) is 0 Å². The summed E-state index contributed by atoms with van der Waals surface area (Å²) in [5.41, 5.74) is 1.70. The number of hydrogen-bond donors (Lipinski definition) is 1. The predicted octanol–water partition coefficient (Wildman–Crippen LogP) is 4.63. The summed E-state index contributed by atoms with van der Waals surface area (Å²) in [5.74, 6) is -2.13. The average Bonchev–Trinajstić information content (AvgIpc) is 3.04. The summed E-state index contributed by atoms with van der Waals surface area (Å²) in [7, 11) is 0. The van der Waals surface area contributed by atoms with Gasteiger partial charge in [0.1, 0.15) is 12.0 Å². The van der Waals surface area contributed by atoms with Crippen LogP contribution in [0.3, 0.4) is 0 Å². The molecule has 6 nitrogen and oxygen atoms in total. The van der Waals surface area contributed by atoms with E-state index < -0.39 is 36.8 Å². The number of Topliss-reactive ketones (excluding diaryl/α,β-unsaturated/α-hetero) is 1. The topological polar surface area (TPSA) is 83.9 Å². The van der Waals surface area contributed by atoms with Crippen molar-refractivity contribution in [2.75, 3.05) is 6.61 Å². The van der Waals surface area contributed by atoms with Crippen molar-refractivity contribution in [3.8, 4) is 0 Å². The Hall–Kier alpha value is -4.51. The Labute approximate surface area is 258 Å². The molecule has 0 aliphatic carbocycles. The molecular formula is C37H36NO5P. The standard InChI is InChI=1S/C37H36NO5P/c1-4-24-43-37(42)36(38-32(34(27(3)39)35(38)41)25-33(40)28-22-20-26(2)21-23-28)44(29-14-8-5-9-15-29,30-16-10-6-11-17-30)31-18-12-7-13-19-31/h4-23,27,32,34,39H,1,24-25H2,2-3H3/t27-,32-,34-/m1/s1. The summed E-state index contributed by atoms with van der Waals surface area (Å²) in [6.07, 6.45) is 0.386. The fourth-order valence-electron chi connectivity index (χ4n) is 5.99. The predicted molar refractivity (Wildman–Crippen MR) is 177 cm³/mol. The van der Waals surface area contributed by atoms with Crippen LogP contribution < -0.4 is 15.9 Å². The first-order valence-corrected chi connectivity index (χ1v) is 16.4. The zero-order valence-electron chi connectivity index (χ0n) is 24.9. The second-order valence-electron chi connectivity index (χ2n) is 10.9. The van der Waals surface area contributed by atoms with Gasteiger partial charge >= 0.3 is 5.97 Å². The van der Waals surface area contributed by atoms with E-state index >= 15 is 0 Å². The van der Waals surface area contributed by atoms with Crippen LogP contribution in [-0.2, 0) is 14.3 Å². The van der Waals surface area contributed by atoms with Crippen molar-refractivity contribution in [1.82, 2.24) is 4.90 Å². The van der Waals surface area contributed by atoms with Crippen LogP contribution in [0.2, 0.25) is 0 Å². The third kappa shape index (κ3) is 5.71. The fourth-order valence-corrected chi connectivity index (χ4v) is 10.4. The number of ether oxygens (including phenoxy) is 1. The first-order chi connectivity index (χ1) is 21.3. The lowest BCUT2D eigenvalue weighted by Gasteiger charge is -2.50. The number of β-lactam (4-membered cyclic amide) rings is 1. The van der Waals surface area contributed by atoms with Gasteiger partial charge in [-0.2, -0.15) is 0 Å². The molecule has 4 aromatic rings. The molecule has 44 heavy (non-hydrogen) atoms. The van der Waals surface area contributed by atoms with Gasteiger partial charge in [-0.25, -0.2) is 4.79 Å². The average molecular weight is 606 g/mol. The van der Waals surface area contributed by atoms with Crippen LogP contribution in [0.1, 0.15) is 29.3 Å². The Morgan fingerprint density at radius 3 is 1.77 bits per heavy atom. The number of benzene rings is 4. The molecule has 1 fully saturated rings. The second-order valence-corrected chi connectivity index (χ2v) is 14.2. The number of likely N-dealkylation sites (tertiary alicyclic amines) is 1. The number of hydrogen-bond acceptors (Lipinski definition) is 5. The van der Waals surface area contributed by atoms with Crippen LogP contribution in [0.25, 0.3) is 0 Å². The molecule has 0 saturated carbocycles. The molecule has 1 amide bonds. The number of aliphatic hydroxyl groups is 1. The normalized spacial score (nSPS) is 16.9. The maximum atomic E-state index is 14.4. The quantitative estimate of drug-likeness (QED) is 0.0887. The lowest BCUT2D eigenvalue weighted by atomic mass is 9.79. The highest BCUT2D eigenvalue weighted by Crippen LogP contribution is 2.50. The molecule has 1 heterocycles. The Kier molecular flexibility index (Phi) is 9.43. The minimum Gasteiger partial charge on any atom is -0.457 e. The molecule has 0 aromatic heterocycles. The van der Waals surface area contributed by atoms with Crippen molar-refractivity contribution >= 4 is 45.9 Å². The van der Waals surface area contributed by atoms with E-state index in [2.05, 4.69) is 6.58 Å². The Morgan fingerprint density at radius 2 is 1.34 bits per heavy atom. The van der Waals surface area contributed by atoms with Gasteiger partial charge in [-0.3, -0.25) is 9.59 Å². The van der Waals surface area contributed by atoms with Gasteiger partial charge < -0.3 is 14.7 Å². The van der Waals surface area contributed by atoms with Gasteiger partial charge in [0.2, 0.25) is 5.91 Å². The highest BCUT2D eigenvalue weighted by atomic mass is 31.2. The Morgan fingerprint density at radius 1 is 0.864 bits per heavy atom. The van der Waals surface area contributed by atoms with Crippen LogP contribution in [0.15, 0.2) is 128 Å². The van der Waals surface area contributed by atoms with E-state index in [4.69, 9.17) is 4.74 Å². The molecule has 3 atom stereocenters. The smallest absolute Gasteiger partial charge is 0.356 e. The maximum Gasteiger partial charge on any atom is 0.356 e. The van der Waals surface area contributed by atoms with Crippen molar-refractivity contribution in [1.29, 1.82) is 0 Å². The number of rotatable bonds is 11. The largest absolute Gasteiger partial charge is 0.457 e. The highest BCUT2D eigenvalue weighted by Gasteiger charge is 2.55. The zero-order chi connectivity index (χ0) is 31.3. The summed E-state index contributed by atoms with van der Waals surface area (Å²) in [4.78, 5) is 43.7. The summed E-state index contributed by atoms with van der Waals surface area (Å²) >= 11 is 0. The monoisotopic (exact) mass is 605 g/mol. The number of nitrogens with zero attached hydrogens (tertiary/aromatic N) is 1. The summed E-state index contributed by atoms with van der Waals surface area (Å²) in [6, 6.07) is 35.5. The molecule has 1 saturated heterocycles. The third-order valence-corrected chi connectivity index (χ3v) is 12.3. The van der Waals surface area contributed by atoms with Crippen molar-refractivity contribution in [3.05, 3.63) is 139 Å². The van der Waals surface area contributed by atoms with Crippen molar-refractivity contribution in [3.63, 3.8) is 0 Å². The van der Waals surface area contributed by atoms with Crippen LogP contribution in [0, 0.1) is 12.8 Å². The molecule has 224 valence electrons. The molecule has 1 N–H and O–H groups in total. The van der Waals surface area contributed by atoms with E-state index in [0.29, 0.717) is 5.56 Å². The number of esters is 1. The molecule has 4 aromatic carbocycles. The lowest BCUT2D eigenvalue weighted by Crippen LogP contribution is -2.68. The summed E-state index contributed by atoms with van der Waals surface area (Å²) in [6.45, 7) is 4.03. The van der Waals surface area contributed by atoms with Crippen molar-refractivity contribution in [2.24, 2.45) is 5.92 Å². The van der Waals surface area contributed by atoms with Crippen LogP contribution in [-0.4, -0.2) is 51.8 Å². The summed E-state index contributed by atoms with van der Waals surface area (Å²) < 4.78 is 5.77. The molecule has 0 radical (unpaired) electrons. The van der Waals surface area contributed by atoms with Crippen LogP contribution in [0.5, 0.6) is 0 Å². The van der Waals surface area contributed by atoms with Gasteiger partial charge in [0, 0.05) is 18.9 Å². The molecule has 0 bridgehead atoms. The van der Waals surface area contributed by atoms with E-state index in [0.717, 1.165) is 21.5 Å². The minimum atomic E-state index is -3.11. The second kappa shape index (κ2) is 13.4. The number of aryl methyl sites for hydroxylation is 1. The zero-order valence-corrected chi connectivity index (χ0v) is 25.8. The Balaban J connectivity index is 1.85. The van der Waals surface area contributed by atoms with Gasteiger partial charge in [0.05, 0.1) is 18.1 Å². The fraction of sp³-hybridized carbons (Fsp3) is 0.189. The van der Waals surface area contributed by atoms with E-state index in [9.17, 15) is 19.5 Å². The SMILES string of the molecule is C=CCOC(=O)C(N1C(=O)[C@H]([C@@H](C)O)[C@H]1CC(=O)c1ccc(C)cc1)=P(c1ccccc1)(c1ccccc1)c1ccccc1. The molecule has 1 aliphatic rings. The van der Waals surface area contributed by atoms with E-state index in [1.807, 2.05) is 110 Å². The van der Waals surface area contributed by atoms with Crippen molar-refractivity contribution in [2.45, 2.75) is 32.4 Å². The number of ketones is 1. The minimum absolute atomic E-state index is 0.0600. The molecule has 0 spiro atoms. The summed E-state index contributed by atoms with van der Waals surface area (Å²) in [5, 5.41) is 13.3. The highest BCUT2D eigenvalue weighted by molar-refractivity contribution is 7.96. The van der Waals surface area contributed by atoms with Crippen LogP contribution in [0.4, 0.5) is 0 Å². The molecule has 1 aliphatic heterocycles. The Bertz CT molecular complexity index is 1600. The third-order valence-electron chi connectivity index (χ3n) is 8.05. The van der Waals surface area contributed by atoms with E-state index in [1.54, 1.807) is 19.1 Å². The molecule has 0 unspecified atom stereocenters. The van der Waals surface area contributed by atoms with Gasteiger partial charge in [-0.05, 0) is 29.8 Å². The molecular weight excluding hydrogens is 569 g/mol. The van der Waals surface area contributed by atoms with E-state index in [-0.39, 0.29) is 24.2 Å². The van der Waals surface area contributed by atoms with Gasteiger partial charge in [0.25, 0.3) is 0 Å². The number of carbonyl (C=O) groups excluding carboxylic acids is 3. The lowest BCUT2D eigenvalue weighted by molar-refractivity contribution is -0.157. The number of amides is 1. The van der Waals surface area contributed by atoms with Gasteiger partial charge in [-0.1, -0.05) is 133 Å². The van der Waals surface area contributed by atoms with E-state index in [1.165, 1.54) is 11.0 Å². The van der Waals surface area contributed by atoms with Gasteiger partial charge in [0.15, 0.2) is 5.78 Å². The number of carbonyl (C=O) groups is 3. The molecule has 5 rings (SSSR count). The van der Waals surface area contributed by atoms with Crippen LogP contribution >= 0.6 is 6.89 Å². The first-order valence-electron chi connectivity index (χ1n) is 14.6. The maximum absolute atomic E-state index is 14.4. The first kappa shape index (κ1) is 30.9. The number of aliphatic hydroxyl groups excluding tert-OH is 1. The molecule has 7 heteroatoms.